The maximum atomic E-state index is 11.9. The molecule has 0 bridgehead atoms. The van der Waals surface area contributed by atoms with E-state index in [1.54, 1.807) is 0 Å². The molecule has 0 fully saturated rings. The van der Waals surface area contributed by atoms with Crippen LogP contribution in [-0.4, -0.2) is 5.78 Å². The van der Waals surface area contributed by atoms with E-state index >= 15 is 0 Å². The predicted octanol–water partition coefficient (Wildman–Crippen LogP) is 7.31. The fraction of sp³-hybridized carbons (Fsp3) is 0.480. The van der Waals surface area contributed by atoms with E-state index in [2.05, 4.69) is 67.6 Å². The molecule has 2 rings (SSSR count). The van der Waals surface area contributed by atoms with Crippen LogP contribution in [0.4, 0.5) is 0 Å². The highest BCUT2D eigenvalue weighted by Crippen LogP contribution is 2.29. The summed E-state index contributed by atoms with van der Waals surface area (Å²) >= 11 is 0. The van der Waals surface area contributed by atoms with Crippen molar-refractivity contribution in [1.82, 2.24) is 0 Å². The van der Waals surface area contributed by atoms with Gasteiger partial charge in [-0.3, -0.25) is 4.79 Å². The number of rotatable bonds is 13. The van der Waals surface area contributed by atoms with Gasteiger partial charge in [-0.1, -0.05) is 99.7 Å². The molecule has 1 nitrogen and oxygen atoms in total. The number of hydrogen-bond acceptors (Lipinski definition) is 1. The van der Waals surface area contributed by atoms with Gasteiger partial charge in [-0.15, -0.1) is 0 Å². The van der Waals surface area contributed by atoms with E-state index in [9.17, 15) is 4.79 Å². The predicted molar refractivity (Wildman–Crippen MR) is 112 cm³/mol. The summed E-state index contributed by atoms with van der Waals surface area (Å²) in [5, 5.41) is 0. The molecule has 0 radical (unpaired) electrons. The van der Waals surface area contributed by atoms with Gasteiger partial charge < -0.3 is 0 Å². The minimum Gasteiger partial charge on any atom is -0.300 e. The molecule has 0 aliphatic rings. The van der Waals surface area contributed by atoms with Crippen LogP contribution in [0.2, 0.25) is 0 Å². The first kappa shape index (κ1) is 20.4. The minimum absolute atomic E-state index is 0.460. The van der Waals surface area contributed by atoms with Crippen molar-refractivity contribution >= 4 is 5.78 Å². The van der Waals surface area contributed by atoms with Gasteiger partial charge in [0.25, 0.3) is 0 Å². The van der Waals surface area contributed by atoms with Crippen molar-refractivity contribution < 1.29 is 4.79 Å². The van der Waals surface area contributed by atoms with Gasteiger partial charge in [0, 0.05) is 18.8 Å². The molecule has 2 aromatic carbocycles. The van der Waals surface area contributed by atoms with Crippen LogP contribution >= 0.6 is 0 Å². The van der Waals surface area contributed by atoms with Crippen LogP contribution in [0.1, 0.15) is 88.2 Å². The Hall–Kier alpha value is -1.89. The van der Waals surface area contributed by atoms with E-state index in [4.69, 9.17) is 0 Å². The second-order valence-electron chi connectivity index (χ2n) is 7.32. The van der Waals surface area contributed by atoms with Crippen molar-refractivity contribution in [3.05, 3.63) is 71.8 Å². The van der Waals surface area contributed by atoms with Crippen molar-refractivity contribution in [3.63, 3.8) is 0 Å². The normalized spacial score (nSPS) is 11.0. The number of hydrogen-bond donors (Lipinski definition) is 0. The largest absolute Gasteiger partial charge is 0.300 e. The monoisotopic (exact) mass is 350 g/mol. The molecule has 1 heteroatoms. The molecule has 26 heavy (non-hydrogen) atoms. The second-order valence-corrected chi connectivity index (χ2v) is 7.32. The third-order valence-corrected chi connectivity index (χ3v) is 5.16. The lowest BCUT2D eigenvalue weighted by Crippen LogP contribution is -2.02. The van der Waals surface area contributed by atoms with Crippen LogP contribution in [0.3, 0.4) is 0 Å². The molecule has 0 aliphatic heterocycles. The number of ketones is 1. The Kier molecular flexibility index (Phi) is 9.79. The molecule has 0 unspecified atom stereocenters. The zero-order valence-corrected chi connectivity index (χ0v) is 16.3. The summed E-state index contributed by atoms with van der Waals surface area (Å²) in [4.78, 5) is 11.9. The number of benzene rings is 2. The third-order valence-electron chi connectivity index (χ3n) is 5.16. The van der Waals surface area contributed by atoms with Gasteiger partial charge in [0.1, 0.15) is 5.78 Å². The molecule has 0 heterocycles. The second kappa shape index (κ2) is 12.5. The summed E-state index contributed by atoms with van der Waals surface area (Å²) in [6, 6.07) is 21.6. The molecule has 0 spiro atoms. The summed E-state index contributed by atoms with van der Waals surface area (Å²) in [6.45, 7) is 2.21. The molecule has 0 saturated heterocycles. The molecule has 0 saturated carbocycles. The Morgan fingerprint density at radius 3 is 1.69 bits per heavy atom. The summed E-state index contributed by atoms with van der Waals surface area (Å²) in [5.74, 6) is 0.922. The number of carbonyl (C=O) groups is 1. The van der Waals surface area contributed by atoms with Crippen LogP contribution in [0.5, 0.6) is 0 Å². The highest BCUT2D eigenvalue weighted by atomic mass is 16.1. The SMILES string of the molecule is CCCCCCC(=O)CCCCCC(c1ccccc1)c1ccccc1. The lowest BCUT2D eigenvalue weighted by Gasteiger charge is -2.18. The summed E-state index contributed by atoms with van der Waals surface area (Å²) in [5.41, 5.74) is 2.79. The Morgan fingerprint density at radius 1 is 0.692 bits per heavy atom. The van der Waals surface area contributed by atoms with Crippen molar-refractivity contribution in [3.8, 4) is 0 Å². The van der Waals surface area contributed by atoms with Gasteiger partial charge in [-0.25, -0.2) is 0 Å². The van der Waals surface area contributed by atoms with E-state index in [0.717, 1.165) is 38.5 Å². The van der Waals surface area contributed by atoms with Crippen LogP contribution in [-0.2, 0) is 4.79 Å². The molecule has 2 aromatic rings. The standard InChI is InChI=1S/C25H34O/c1-2-3-4-12-19-24(26)20-13-7-14-21-25(22-15-8-5-9-16-22)23-17-10-6-11-18-23/h5-6,8-11,15-18,25H,2-4,7,12-14,19-21H2,1H3. The van der Waals surface area contributed by atoms with E-state index in [-0.39, 0.29) is 0 Å². The first-order chi connectivity index (χ1) is 12.8. The highest BCUT2D eigenvalue weighted by Gasteiger charge is 2.13. The molecule has 0 atom stereocenters. The topological polar surface area (TPSA) is 17.1 Å². The quantitative estimate of drug-likeness (QED) is 0.346. The summed E-state index contributed by atoms with van der Waals surface area (Å²) < 4.78 is 0. The first-order valence-corrected chi connectivity index (χ1v) is 10.4. The average molecular weight is 351 g/mol. The zero-order chi connectivity index (χ0) is 18.5. The third kappa shape index (κ3) is 7.56. The molecule has 0 N–H and O–H groups in total. The van der Waals surface area contributed by atoms with Crippen LogP contribution in [0.25, 0.3) is 0 Å². The smallest absolute Gasteiger partial charge is 0.132 e. The molecule has 140 valence electrons. The Morgan fingerprint density at radius 2 is 1.19 bits per heavy atom. The summed E-state index contributed by atoms with van der Waals surface area (Å²) in [6.07, 6.45) is 10.9. The lowest BCUT2D eigenvalue weighted by atomic mass is 9.87. The first-order valence-electron chi connectivity index (χ1n) is 10.4. The maximum absolute atomic E-state index is 11.9. The number of unbranched alkanes of at least 4 members (excludes halogenated alkanes) is 5. The number of Topliss-reactive ketones (excluding diaryl/α,β-unsaturated/α-hetero) is 1. The molecule has 0 aliphatic carbocycles. The van der Waals surface area contributed by atoms with E-state index in [1.807, 2.05) is 0 Å². The fourth-order valence-corrected chi connectivity index (χ4v) is 3.62. The molecule has 0 amide bonds. The van der Waals surface area contributed by atoms with Crippen molar-refractivity contribution in [2.24, 2.45) is 0 Å². The number of carbonyl (C=O) groups excluding carboxylic acids is 1. The lowest BCUT2D eigenvalue weighted by molar-refractivity contribution is -0.119. The van der Waals surface area contributed by atoms with Gasteiger partial charge >= 0.3 is 0 Å². The van der Waals surface area contributed by atoms with E-state index < -0.39 is 0 Å². The summed E-state index contributed by atoms with van der Waals surface area (Å²) in [7, 11) is 0. The van der Waals surface area contributed by atoms with Gasteiger partial charge in [-0.2, -0.15) is 0 Å². The van der Waals surface area contributed by atoms with E-state index in [0.29, 0.717) is 11.7 Å². The minimum atomic E-state index is 0.460. The van der Waals surface area contributed by atoms with Gasteiger partial charge in [0.2, 0.25) is 0 Å². The Balaban J connectivity index is 1.74. The van der Waals surface area contributed by atoms with Crippen LogP contribution in [0.15, 0.2) is 60.7 Å². The van der Waals surface area contributed by atoms with Gasteiger partial charge in [-0.05, 0) is 30.4 Å². The van der Waals surface area contributed by atoms with E-state index in [1.165, 1.54) is 36.8 Å². The van der Waals surface area contributed by atoms with Crippen LogP contribution < -0.4 is 0 Å². The van der Waals surface area contributed by atoms with Crippen LogP contribution in [0, 0.1) is 0 Å². The molecular formula is C25H34O. The van der Waals surface area contributed by atoms with Crippen molar-refractivity contribution in [2.75, 3.05) is 0 Å². The Labute approximate surface area is 159 Å². The van der Waals surface area contributed by atoms with Gasteiger partial charge in [0.15, 0.2) is 0 Å². The molecule has 0 aromatic heterocycles. The van der Waals surface area contributed by atoms with Crippen molar-refractivity contribution in [1.29, 1.82) is 0 Å². The highest BCUT2D eigenvalue weighted by molar-refractivity contribution is 5.78. The van der Waals surface area contributed by atoms with Gasteiger partial charge in [0.05, 0.1) is 0 Å². The Bertz CT molecular complexity index is 563. The van der Waals surface area contributed by atoms with Crippen molar-refractivity contribution in [2.45, 2.75) is 77.0 Å². The fourth-order valence-electron chi connectivity index (χ4n) is 3.62. The zero-order valence-electron chi connectivity index (χ0n) is 16.3. The maximum Gasteiger partial charge on any atom is 0.132 e. The molecular weight excluding hydrogens is 316 g/mol. The average Bonchev–Trinajstić information content (AvgIpc) is 2.69.